The molecule has 0 aliphatic heterocycles. The van der Waals surface area contributed by atoms with Crippen molar-refractivity contribution in [2.75, 3.05) is 6.61 Å². The maximum atomic E-state index is 13.2. The van der Waals surface area contributed by atoms with Crippen molar-refractivity contribution in [3.8, 4) is 10.4 Å². The summed E-state index contributed by atoms with van der Waals surface area (Å²) in [5, 5.41) is 8.58. The molecule has 16 heavy (non-hydrogen) atoms. The van der Waals surface area contributed by atoms with E-state index in [1.165, 1.54) is 6.07 Å². The van der Waals surface area contributed by atoms with Crippen molar-refractivity contribution in [2.24, 2.45) is 0 Å². The van der Waals surface area contributed by atoms with E-state index in [1.807, 2.05) is 30.3 Å². The molecule has 0 saturated carbocycles. The lowest BCUT2D eigenvalue weighted by molar-refractivity contribution is -0.0524. The van der Waals surface area contributed by atoms with Crippen LogP contribution in [0.2, 0.25) is 0 Å². The standard InChI is InChI=1S/C12H10F2OS/c13-12(14,8-15)11-7-6-10(16-11)9-4-2-1-3-5-9/h1-7,15H,8H2. The Hall–Kier alpha value is -1.26. The van der Waals surface area contributed by atoms with E-state index >= 15 is 0 Å². The van der Waals surface area contributed by atoms with Gasteiger partial charge >= 0.3 is 5.92 Å². The summed E-state index contributed by atoms with van der Waals surface area (Å²) in [5.74, 6) is -3.14. The van der Waals surface area contributed by atoms with E-state index in [0.717, 1.165) is 21.8 Å². The average molecular weight is 240 g/mol. The van der Waals surface area contributed by atoms with Gasteiger partial charge in [0.2, 0.25) is 0 Å². The minimum Gasteiger partial charge on any atom is -0.390 e. The molecule has 0 spiro atoms. The van der Waals surface area contributed by atoms with E-state index in [-0.39, 0.29) is 4.88 Å². The highest BCUT2D eigenvalue weighted by molar-refractivity contribution is 7.15. The predicted molar refractivity (Wildman–Crippen MR) is 60.7 cm³/mol. The Morgan fingerprint density at radius 2 is 1.75 bits per heavy atom. The van der Waals surface area contributed by atoms with Gasteiger partial charge in [-0.2, -0.15) is 8.78 Å². The van der Waals surface area contributed by atoms with Crippen LogP contribution in [-0.2, 0) is 5.92 Å². The van der Waals surface area contributed by atoms with Crippen LogP contribution >= 0.6 is 11.3 Å². The van der Waals surface area contributed by atoms with Gasteiger partial charge in [0.25, 0.3) is 0 Å². The highest BCUT2D eigenvalue weighted by atomic mass is 32.1. The molecule has 0 atom stereocenters. The van der Waals surface area contributed by atoms with Crippen LogP contribution < -0.4 is 0 Å². The molecule has 0 bridgehead atoms. The lowest BCUT2D eigenvalue weighted by atomic mass is 10.2. The first kappa shape index (κ1) is 11.2. The minimum absolute atomic E-state index is 0.103. The van der Waals surface area contributed by atoms with Crippen molar-refractivity contribution in [3.05, 3.63) is 47.3 Å². The molecule has 0 aliphatic carbocycles. The van der Waals surface area contributed by atoms with Crippen molar-refractivity contribution in [2.45, 2.75) is 5.92 Å². The van der Waals surface area contributed by atoms with E-state index in [4.69, 9.17) is 5.11 Å². The van der Waals surface area contributed by atoms with E-state index in [1.54, 1.807) is 6.07 Å². The van der Waals surface area contributed by atoms with Gasteiger partial charge in [0.05, 0.1) is 4.88 Å². The van der Waals surface area contributed by atoms with Gasteiger partial charge in [-0.15, -0.1) is 11.3 Å². The number of rotatable bonds is 3. The van der Waals surface area contributed by atoms with Crippen molar-refractivity contribution in [1.29, 1.82) is 0 Å². The van der Waals surface area contributed by atoms with Crippen LogP contribution in [0, 0.1) is 0 Å². The first-order chi connectivity index (χ1) is 7.63. The second kappa shape index (κ2) is 4.31. The summed E-state index contributed by atoms with van der Waals surface area (Å²) < 4.78 is 26.3. The number of aliphatic hydroxyl groups is 1. The SMILES string of the molecule is OCC(F)(F)c1ccc(-c2ccccc2)s1. The number of thiophene rings is 1. The Morgan fingerprint density at radius 3 is 2.38 bits per heavy atom. The second-order valence-corrected chi connectivity index (χ2v) is 4.48. The van der Waals surface area contributed by atoms with Crippen LogP contribution in [0.4, 0.5) is 8.78 Å². The molecule has 1 aromatic carbocycles. The summed E-state index contributed by atoms with van der Waals surface area (Å²) in [5.41, 5.74) is 0.910. The van der Waals surface area contributed by atoms with Gasteiger partial charge in [-0.3, -0.25) is 0 Å². The van der Waals surface area contributed by atoms with Crippen molar-refractivity contribution >= 4 is 11.3 Å². The monoisotopic (exact) mass is 240 g/mol. The molecule has 0 fully saturated rings. The van der Waals surface area contributed by atoms with Crippen LogP contribution in [0.15, 0.2) is 42.5 Å². The molecule has 0 unspecified atom stereocenters. The Kier molecular flexibility index (Phi) is 3.03. The predicted octanol–water partition coefficient (Wildman–Crippen LogP) is 3.50. The largest absolute Gasteiger partial charge is 0.390 e. The first-order valence-corrected chi connectivity index (χ1v) is 5.59. The van der Waals surface area contributed by atoms with E-state index in [9.17, 15) is 8.78 Å². The molecule has 2 aromatic rings. The van der Waals surface area contributed by atoms with Gasteiger partial charge in [-0.1, -0.05) is 30.3 Å². The molecule has 1 nitrogen and oxygen atoms in total. The molecule has 1 heterocycles. The number of aliphatic hydroxyl groups excluding tert-OH is 1. The van der Waals surface area contributed by atoms with Crippen LogP contribution in [0.5, 0.6) is 0 Å². The summed E-state index contributed by atoms with van der Waals surface area (Å²) in [6.07, 6.45) is 0. The average Bonchev–Trinajstić information content (AvgIpc) is 2.80. The van der Waals surface area contributed by atoms with E-state index in [0.29, 0.717) is 0 Å². The fourth-order valence-electron chi connectivity index (χ4n) is 1.37. The van der Waals surface area contributed by atoms with Crippen LogP contribution in [0.3, 0.4) is 0 Å². The Morgan fingerprint density at radius 1 is 1.06 bits per heavy atom. The topological polar surface area (TPSA) is 20.2 Å². The van der Waals surface area contributed by atoms with Crippen LogP contribution in [-0.4, -0.2) is 11.7 Å². The zero-order valence-electron chi connectivity index (χ0n) is 8.36. The third-order valence-corrected chi connectivity index (χ3v) is 3.47. The van der Waals surface area contributed by atoms with E-state index < -0.39 is 12.5 Å². The molecule has 0 aliphatic rings. The van der Waals surface area contributed by atoms with Crippen LogP contribution in [0.25, 0.3) is 10.4 Å². The minimum atomic E-state index is -3.14. The number of alkyl halides is 2. The van der Waals surface area contributed by atoms with E-state index in [2.05, 4.69) is 0 Å². The highest BCUT2D eigenvalue weighted by Crippen LogP contribution is 2.36. The molecule has 84 valence electrons. The Labute approximate surface area is 96.0 Å². The first-order valence-electron chi connectivity index (χ1n) is 4.78. The molecular weight excluding hydrogens is 230 g/mol. The molecule has 0 saturated heterocycles. The summed E-state index contributed by atoms with van der Waals surface area (Å²) in [4.78, 5) is 0.678. The Balaban J connectivity index is 2.34. The summed E-state index contributed by atoms with van der Waals surface area (Å²) >= 11 is 1.01. The zero-order chi connectivity index (χ0) is 11.6. The molecule has 4 heteroatoms. The van der Waals surface area contributed by atoms with Crippen molar-refractivity contribution < 1.29 is 13.9 Å². The molecule has 2 rings (SSSR count). The normalized spacial score (nSPS) is 11.7. The van der Waals surface area contributed by atoms with Crippen molar-refractivity contribution in [1.82, 2.24) is 0 Å². The van der Waals surface area contributed by atoms with Gasteiger partial charge < -0.3 is 5.11 Å². The fraction of sp³-hybridized carbons (Fsp3) is 0.167. The number of hydrogen-bond acceptors (Lipinski definition) is 2. The lowest BCUT2D eigenvalue weighted by Gasteiger charge is -2.09. The summed E-state index contributed by atoms with van der Waals surface area (Å²) in [7, 11) is 0. The van der Waals surface area contributed by atoms with Crippen molar-refractivity contribution in [3.63, 3.8) is 0 Å². The molecule has 1 N–H and O–H groups in total. The van der Waals surface area contributed by atoms with Gasteiger partial charge in [-0.05, 0) is 17.7 Å². The third-order valence-electron chi connectivity index (χ3n) is 2.22. The molecule has 1 aromatic heterocycles. The Bertz CT molecular complexity index is 465. The maximum absolute atomic E-state index is 13.2. The fourth-order valence-corrected chi connectivity index (χ4v) is 2.35. The van der Waals surface area contributed by atoms with Crippen LogP contribution in [0.1, 0.15) is 4.88 Å². The van der Waals surface area contributed by atoms with Gasteiger partial charge in [0, 0.05) is 4.88 Å². The summed E-state index contributed by atoms with van der Waals surface area (Å²) in [6.45, 7) is -1.15. The smallest absolute Gasteiger partial charge is 0.304 e. The lowest BCUT2D eigenvalue weighted by Crippen LogP contribution is -2.16. The molecular formula is C12H10F2OS. The maximum Gasteiger partial charge on any atom is 0.304 e. The molecule has 0 amide bonds. The third kappa shape index (κ3) is 2.13. The number of benzene rings is 1. The second-order valence-electron chi connectivity index (χ2n) is 3.39. The highest BCUT2D eigenvalue weighted by Gasteiger charge is 2.32. The summed E-state index contributed by atoms with van der Waals surface area (Å²) in [6, 6.07) is 12.3. The van der Waals surface area contributed by atoms with Gasteiger partial charge in [0.15, 0.2) is 0 Å². The number of halogens is 2. The quantitative estimate of drug-likeness (QED) is 0.870. The van der Waals surface area contributed by atoms with Gasteiger partial charge in [0.1, 0.15) is 6.61 Å². The molecule has 0 radical (unpaired) electrons. The number of hydrogen-bond donors (Lipinski definition) is 1. The zero-order valence-corrected chi connectivity index (χ0v) is 9.18. The van der Waals surface area contributed by atoms with Gasteiger partial charge in [-0.25, -0.2) is 0 Å².